The van der Waals surface area contributed by atoms with Crippen LogP contribution in [0.15, 0.2) is 11.4 Å². The third-order valence-electron chi connectivity index (χ3n) is 2.36. The fraction of sp³-hybridized carbons (Fsp3) is 0.444. The molecular weight excluding hydrogens is 186 g/mol. The lowest BCUT2D eigenvalue weighted by atomic mass is 9.96. The van der Waals surface area contributed by atoms with E-state index in [9.17, 15) is 4.79 Å². The summed E-state index contributed by atoms with van der Waals surface area (Å²) in [5, 5.41) is 13.9. The minimum atomic E-state index is -0.786. The summed E-state index contributed by atoms with van der Waals surface area (Å²) in [6, 6.07) is 1.40. The fourth-order valence-electron chi connectivity index (χ4n) is 1.69. The largest absolute Gasteiger partial charge is 0.480 e. The van der Waals surface area contributed by atoms with E-state index in [1.807, 2.05) is 11.4 Å². The van der Waals surface area contributed by atoms with Crippen molar-refractivity contribution in [2.24, 2.45) is 0 Å². The van der Waals surface area contributed by atoms with E-state index in [0.717, 1.165) is 12.1 Å². The molecule has 2 rings (SSSR count). The summed E-state index contributed by atoms with van der Waals surface area (Å²) in [5.74, 6) is -0.350. The second kappa shape index (κ2) is 3.12. The summed E-state index contributed by atoms with van der Waals surface area (Å²) < 4.78 is 0. The van der Waals surface area contributed by atoms with Gasteiger partial charge >= 0.3 is 5.97 Å². The molecule has 1 aliphatic rings. The zero-order chi connectivity index (χ0) is 9.42. The minimum absolute atomic E-state index is 0.436. The monoisotopic (exact) mass is 197 g/mol. The third-order valence-corrected chi connectivity index (χ3v) is 3.52. The Morgan fingerprint density at radius 1 is 1.77 bits per heavy atom. The number of carboxylic acids is 1. The molecule has 13 heavy (non-hydrogen) atoms. The lowest BCUT2D eigenvalue weighted by Crippen LogP contribution is -2.35. The van der Waals surface area contributed by atoms with Crippen molar-refractivity contribution in [2.75, 3.05) is 6.54 Å². The molecule has 0 radical (unpaired) electrons. The van der Waals surface area contributed by atoms with Gasteiger partial charge in [-0.25, -0.2) is 0 Å². The number of fused-ring (bicyclic) bond motifs is 1. The highest BCUT2D eigenvalue weighted by Gasteiger charge is 2.29. The Morgan fingerprint density at radius 2 is 2.54 bits per heavy atom. The molecule has 0 aromatic carbocycles. The fourth-order valence-corrected chi connectivity index (χ4v) is 2.69. The SMILES string of the molecule is CC1CNC(C(=O)O)c2ccsc21. The Balaban J connectivity index is 2.40. The van der Waals surface area contributed by atoms with Crippen LogP contribution in [-0.4, -0.2) is 17.6 Å². The third kappa shape index (κ3) is 1.36. The predicted molar refractivity (Wildman–Crippen MR) is 51.1 cm³/mol. The van der Waals surface area contributed by atoms with Gasteiger partial charge in [-0.2, -0.15) is 0 Å². The molecule has 0 aliphatic carbocycles. The van der Waals surface area contributed by atoms with Crippen molar-refractivity contribution in [3.8, 4) is 0 Å². The van der Waals surface area contributed by atoms with Crippen LogP contribution in [0.1, 0.15) is 29.3 Å². The molecule has 0 saturated heterocycles. The molecule has 0 fully saturated rings. The van der Waals surface area contributed by atoms with Gasteiger partial charge < -0.3 is 10.4 Å². The van der Waals surface area contributed by atoms with Gasteiger partial charge in [0.15, 0.2) is 0 Å². The van der Waals surface area contributed by atoms with Gasteiger partial charge in [-0.1, -0.05) is 6.92 Å². The number of hydrogen-bond donors (Lipinski definition) is 2. The van der Waals surface area contributed by atoms with E-state index < -0.39 is 12.0 Å². The molecule has 1 aliphatic heterocycles. The van der Waals surface area contributed by atoms with Gasteiger partial charge in [0, 0.05) is 17.3 Å². The molecule has 0 bridgehead atoms. The Labute approximate surface area is 80.4 Å². The Hall–Kier alpha value is -0.870. The van der Waals surface area contributed by atoms with Gasteiger partial charge in [-0.3, -0.25) is 4.79 Å². The average molecular weight is 197 g/mol. The van der Waals surface area contributed by atoms with Crippen molar-refractivity contribution in [3.63, 3.8) is 0 Å². The van der Waals surface area contributed by atoms with E-state index in [1.54, 1.807) is 11.3 Å². The van der Waals surface area contributed by atoms with Gasteiger partial charge in [0.25, 0.3) is 0 Å². The number of thiophene rings is 1. The molecular formula is C9H11NO2S. The zero-order valence-electron chi connectivity index (χ0n) is 7.28. The van der Waals surface area contributed by atoms with E-state index in [1.165, 1.54) is 4.88 Å². The number of aliphatic carboxylic acids is 1. The van der Waals surface area contributed by atoms with Crippen LogP contribution >= 0.6 is 11.3 Å². The van der Waals surface area contributed by atoms with Crippen LogP contribution in [0.2, 0.25) is 0 Å². The average Bonchev–Trinajstić information content (AvgIpc) is 2.53. The highest BCUT2D eigenvalue weighted by Crippen LogP contribution is 2.33. The first-order chi connectivity index (χ1) is 6.20. The number of carbonyl (C=O) groups is 1. The molecule has 0 spiro atoms. The first-order valence-corrected chi connectivity index (χ1v) is 5.11. The maximum Gasteiger partial charge on any atom is 0.325 e. The van der Waals surface area contributed by atoms with Gasteiger partial charge in [-0.05, 0) is 17.0 Å². The van der Waals surface area contributed by atoms with Crippen molar-refractivity contribution in [2.45, 2.75) is 18.9 Å². The van der Waals surface area contributed by atoms with Crippen molar-refractivity contribution in [1.29, 1.82) is 0 Å². The summed E-state index contributed by atoms with van der Waals surface area (Å²) in [6.45, 7) is 2.87. The van der Waals surface area contributed by atoms with Crippen LogP contribution in [0, 0.1) is 0 Å². The number of carboxylic acid groups (broad SMARTS) is 1. The standard InChI is InChI=1S/C9H11NO2S/c1-5-4-10-7(9(11)12)6-2-3-13-8(5)6/h2-3,5,7,10H,4H2,1H3,(H,11,12). The molecule has 4 heteroatoms. The first kappa shape index (κ1) is 8.72. The Bertz CT molecular complexity index is 334. The number of rotatable bonds is 1. The van der Waals surface area contributed by atoms with Gasteiger partial charge in [0.05, 0.1) is 0 Å². The summed E-state index contributed by atoms with van der Waals surface area (Å²) >= 11 is 1.65. The molecule has 1 aromatic rings. The molecule has 2 N–H and O–H groups in total. The lowest BCUT2D eigenvalue weighted by Gasteiger charge is -2.25. The van der Waals surface area contributed by atoms with Crippen molar-refractivity contribution in [3.05, 3.63) is 21.9 Å². The van der Waals surface area contributed by atoms with Crippen LogP contribution in [0.25, 0.3) is 0 Å². The van der Waals surface area contributed by atoms with E-state index in [2.05, 4.69) is 12.2 Å². The van der Waals surface area contributed by atoms with Gasteiger partial charge in [0.2, 0.25) is 0 Å². The number of hydrogen-bond acceptors (Lipinski definition) is 3. The quantitative estimate of drug-likeness (QED) is 0.718. The molecule has 0 amide bonds. The highest BCUT2D eigenvalue weighted by atomic mass is 32.1. The predicted octanol–water partition coefficient (Wildman–Crippen LogP) is 1.58. The smallest absolute Gasteiger partial charge is 0.325 e. The summed E-state index contributed by atoms with van der Waals surface area (Å²) in [5.41, 5.74) is 0.941. The van der Waals surface area contributed by atoms with Crippen molar-refractivity contribution in [1.82, 2.24) is 5.32 Å². The summed E-state index contributed by atoms with van der Waals surface area (Å²) in [7, 11) is 0. The highest BCUT2D eigenvalue weighted by molar-refractivity contribution is 7.10. The summed E-state index contributed by atoms with van der Waals surface area (Å²) in [6.07, 6.45) is 0. The lowest BCUT2D eigenvalue weighted by molar-refractivity contribution is -0.139. The van der Waals surface area contributed by atoms with Crippen LogP contribution in [-0.2, 0) is 4.79 Å². The van der Waals surface area contributed by atoms with Crippen molar-refractivity contribution < 1.29 is 9.90 Å². The molecule has 2 atom stereocenters. The second-order valence-corrected chi connectivity index (χ2v) is 4.27. The minimum Gasteiger partial charge on any atom is -0.480 e. The molecule has 3 nitrogen and oxygen atoms in total. The maximum atomic E-state index is 10.9. The van der Waals surface area contributed by atoms with Crippen LogP contribution in [0.3, 0.4) is 0 Å². The van der Waals surface area contributed by atoms with Crippen molar-refractivity contribution >= 4 is 17.3 Å². The van der Waals surface area contributed by atoms with Crippen LogP contribution < -0.4 is 5.32 Å². The molecule has 1 aromatic heterocycles. The maximum absolute atomic E-state index is 10.9. The Morgan fingerprint density at radius 3 is 3.23 bits per heavy atom. The molecule has 2 unspecified atom stereocenters. The van der Waals surface area contributed by atoms with Gasteiger partial charge in [0.1, 0.15) is 6.04 Å². The zero-order valence-corrected chi connectivity index (χ0v) is 8.10. The van der Waals surface area contributed by atoms with Gasteiger partial charge in [-0.15, -0.1) is 11.3 Å². The van der Waals surface area contributed by atoms with E-state index in [0.29, 0.717) is 5.92 Å². The number of nitrogens with one attached hydrogen (secondary N) is 1. The Kier molecular flexibility index (Phi) is 2.09. The van der Waals surface area contributed by atoms with E-state index >= 15 is 0 Å². The van der Waals surface area contributed by atoms with E-state index in [4.69, 9.17) is 5.11 Å². The normalized spacial score (nSPS) is 26.8. The van der Waals surface area contributed by atoms with Crippen LogP contribution in [0.4, 0.5) is 0 Å². The molecule has 2 heterocycles. The molecule has 70 valence electrons. The second-order valence-electron chi connectivity index (χ2n) is 3.32. The summed E-state index contributed by atoms with van der Waals surface area (Å²) in [4.78, 5) is 12.1. The topological polar surface area (TPSA) is 49.3 Å². The molecule has 0 saturated carbocycles. The first-order valence-electron chi connectivity index (χ1n) is 4.23. The van der Waals surface area contributed by atoms with E-state index in [-0.39, 0.29) is 0 Å². The van der Waals surface area contributed by atoms with Crippen LogP contribution in [0.5, 0.6) is 0 Å².